The number of fused-ring (bicyclic) bond motifs is 2. The molecule has 0 unspecified atom stereocenters. The molecule has 4 aromatic rings. The molecule has 0 saturated heterocycles. The van der Waals surface area contributed by atoms with Crippen molar-refractivity contribution in [2.45, 2.75) is 26.9 Å². The molecule has 0 atom stereocenters. The summed E-state index contributed by atoms with van der Waals surface area (Å²) < 4.78 is 3.68. The molecule has 0 radical (unpaired) electrons. The fourth-order valence-electron chi connectivity index (χ4n) is 3.51. The van der Waals surface area contributed by atoms with Gasteiger partial charge in [0, 0.05) is 13.1 Å². The minimum Gasteiger partial charge on any atom is -0.309 e. The minimum absolute atomic E-state index is 0.0831. The number of carbonyl (C=O) groups is 1. The number of nitrogens with zero attached hydrogens (tertiary/aromatic N) is 6. The highest BCUT2D eigenvalue weighted by Crippen LogP contribution is 2.20. The Balaban J connectivity index is 1.56. The first-order valence-corrected chi connectivity index (χ1v) is 9.95. The minimum atomic E-state index is -0.181. The molecule has 150 valence electrons. The molecule has 4 rings (SSSR count). The number of benzene rings is 2. The second-order valence-corrected chi connectivity index (χ2v) is 6.89. The van der Waals surface area contributed by atoms with Crippen LogP contribution >= 0.6 is 0 Å². The lowest BCUT2D eigenvalue weighted by Gasteiger charge is -2.19. The van der Waals surface area contributed by atoms with Crippen molar-refractivity contribution in [3.63, 3.8) is 0 Å². The molecule has 0 saturated carbocycles. The van der Waals surface area contributed by atoms with Gasteiger partial charge >= 0.3 is 0 Å². The van der Waals surface area contributed by atoms with Crippen LogP contribution in [0.25, 0.3) is 22.1 Å². The number of para-hydroxylation sites is 3. The Kier molecular flexibility index (Phi) is 5.53. The van der Waals surface area contributed by atoms with Crippen molar-refractivity contribution in [2.24, 2.45) is 0 Å². The average Bonchev–Trinajstić information content (AvgIpc) is 3.30. The van der Waals surface area contributed by atoms with Gasteiger partial charge in [-0.3, -0.25) is 10.1 Å². The average molecular weight is 391 g/mol. The largest absolute Gasteiger partial charge is 0.309 e. The Morgan fingerprint density at radius 3 is 2.45 bits per heavy atom. The summed E-state index contributed by atoms with van der Waals surface area (Å²) in [5.41, 5.74) is 3.49. The summed E-state index contributed by atoms with van der Waals surface area (Å²) in [7, 11) is 0. The molecule has 2 heterocycles. The molecular formula is C21H25N7O. The first-order chi connectivity index (χ1) is 14.2. The molecule has 0 aliphatic heterocycles. The topological polar surface area (TPSA) is 80.9 Å². The summed E-state index contributed by atoms with van der Waals surface area (Å²) in [6, 6.07) is 15.5. The number of hydrogen-bond donors (Lipinski definition) is 1. The van der Waals surface area contributed by atoms with Gasteiger partial charge in [0.05, 0.1) is 16.6 Å². The molecule has 2 aromatic heterocycles. The van der Waals surface area contributed by atoms with Crippen LogP contribution < -0.4 is 5.32 Å². The van der Waals surface area contributed by atoms with Crippen molar-refractivity contribution in [1.82, 2.24) is 29.4 Å². The van der Waals surface area contributed by atoms with Crippen molar-refractivity contribution in [2.75, 3.05) is 25.0 Å². The highest BCUT2D eigenvalue weighted by atomic mass is 16.2. The molecule has 0 aliphatic carbocycles. The first kappa shape index (κ1) is 19.1. The number of rotatable bonds is 8. The third-order valence-corrected chi connectivity index (χ3v) is 5.15. The van der Waals surface area contributed by atoms with E-state index in [4.69, 9.17) is 0 Å². The van der Waals surface area contributed by atoms with Gasteiger partial charge in [0.25, 0.3) is 0 Å². The maximum Gasteiger partial charge on any atom is 0.248 e. The zero-order valence-electron chi connectivity index (χ0n) is 16.7. The van der Waals surface area contributed by atoms with Crippen molar-refractivity contribution in [3.8, 4) is 0 Å². The fourth-order valence-corrected chi connectivity index (χ4v) is 3.51. The van der Waals surface area contributed by atoms with E-state index in [1.54, 1.807) is 4.68 Å². The van der Waals surface area contributed by atoms with Crippen LogP contribution in [0, 0.1) is 0 Å². The zero-order chi connectivity index (χ0) is 20.2. The summed E-state index contributed by atoms with van der Waals surface area (Å²) in [5, 5.41) is 11.2. The second-order valence-electron chi connectivity index (χ2n) is 6.89. The van der Waals surface area contributed by atoms with Crippen LogP contribution in [0.5, 0.6) is 0 Å². The SMILES string of the molecule is CCN(CC)CCn1c(NC(=O)Cn2nnc3ccccc32)nc2ccccc21. The Morgan fingerprint density at radius 2 is 1.69 bits per heavy atom. The lowest BCUT2D eigenvalue weighted by molar-refractivity contribution is -0.116. The molecule has 0 bridgehead atoms. The number of hydrogen-bond acceptors (Lipinski definition) is 5. The molecule has 8 nitrogen and oxygen atoms in total. The summed E-state index contributed by atoms with van der Waals surface area (Å²) >= 11 is 0. The predicted molar refractivity (Wildman–Crippen MR) is 114 cm³/mol. The summed E-state index contributed by atoms with van der Waals surface area (Å²) in [6.45, 7) is 8.02. The number of likely N-dealkylation sites (N-methyl/N-ethyl adjacent to an activating group) is 1. The van der Waals surface area contributed by atoms with E-state index < -0.39 is 0 Å². The molecule has 8 heteroatoms. The van der Waals surface area contributed by atoms with Gasteiger partial charge in [-0.2, -0.15) is 0 Å². The molecule has 0 spiro atoms. The second kappa shape index (κ2) is 8.40. The number of imidazole rings is 1. The van der Waals surface area contributed by atoms with Gasteiger partial charge in [-0.1, -0.05) is 43.3 Å². The van der Waals surface area contributed by atoms with Crippen LogP contribution in [-0.4, -0.2) is 55.0 Å². The fraction of sp³-hybridized carbons (Fsp3) is 0.333. The molecular weight excluding hydrogens is 366 g/mol. The molecule has 29 heavy (non-hydrogen) atoms. The molecule has 0 aliphatic rings. The predicted octanol–water partition coefficient (Wildman–Crippen LogP) is 2.76. The normalized spacial score (nSPS) is 11.6. The Morgan fingerprint density at radius 1 is 1.00 bits per heavy atom. The third-order valence-electron chi connectivity index (χ3n) is 5.15. The summed E-state index contributed by atoms with van der Waals surface area (Å²) in [5.74, 6) is 0.382. The number of nitrogens with one attached hydrogen (secondary N) is 1. The highest BCUT2D eigenvalue weighted by Gasteiger charge is 2.15. The molecule has 1 amide bonds. The molecule has 2 aromatic carbocycles. The van der Waals surface area contributed by atoms with Crippen LogP contribution in [0.3, 0.4) is 0 Å². The van der Waals surface area contributed by atoms with Gasteiger partial charge in [-0.05, 0) is 37.4 Å². The first-order valence-electron chi connectivity index (χ1n) is 9.95. The van der Waals surface area contributed by atoms with Gasteiger partial charge in [-0.15, -0.1) is 5.10 Å². The van der Waals surface area contributed by atoms with E-state index in [1.807, 2.05) is 48.5 Å². The number of aromatic nitrogens is 5. The molecule has 0 fully saturated rings. The quantitative estimate of drug-likeness (QED) is 0.500. The highest BCUT2D eigenvalue weighted by molar-refractivity contribution is 5.92. The van der Waals surface area contributed by atoms with Crippen LogP contribution in [0.1, 0.15) is 13.8 Å². The van der Waals surface area contributed by atoms with Gasteiger partial charge in [-0.25, -0.2) is 9.67 Å². The Hall–Kier alpha value is -3.26. The van der Waals surface area contributed by atoms with E-state index in [0.29, 0.717) is 5.95 Å². The van der Waals surface area contributed by atoms with Crippen molar-refractivity contribution in [3.05, 3.63) is 48.5 Å². The van der Waals surface area contributed by atoms with Gasteiger partial charge in [0.15, 0.2) is 0 Å². The van der Waals surface area contributed by atoms with Gasteiger partial charge < -0.3 is 9.47 Å². The number of amides is 1. The lowest BCUT2D eigenvalue weighted by atomic mass is 10.3. The van der Waals surface area contributed by atoms with Crippen molar-refractivity contribution < 1.29 is 4.79 Å². The van der Waals surface area contributed by atoms with E-state index >= 15 is 0 Å². The smallest absolute Gasteiger partial charge is 0.248 e. The van der Waals surface area contributed by atoms with Gasteiger partial charge in [0.1, 0.15) is 12.1 Å². The van der Waals surface area contributed by atoms with Crippen LogP contribution in [0.2, 0.25) is 0 Å². The van der Waals surface area contributed by atoms with Crippen LogP contribution in [0.4, 0.5) is 5.95 Å². The summed E-state index contributed by atoms with van der Waals surface area (Å²) in [6.07, 6.45) is 0. The van der Waals surface area contributed by atoms with Crippen molar-refractivity contribution in [1.29, 1.82) is 0 Å². The standard InChI is InChI=1S/C21H25N7O/c1-3-26(4-2)13-14-27-18-11-7-5-9-16(18)22-21(27)23-20(29)15-28-19-12-8-6-10-17(19)24-25-28/h5-12H,3-4,13-15H2,1-2H3,(H,22,23,29). The number of anilines is 1. The zero-order valence-corrected chi connectivity index (χ0v) is 16.7. The Bertz CT molecular complexity index is 1130. The van der Waals surface area contributed by atoms with Gasteiger partial charge in [0.2, 0.25) is 11.9 Å². The van der Waals surface area contributed by atoms with Crippen LogP contribution in [-0.2, 0) is 17.9 Å². The molecule has 1 N–H and O–H groups in total. The third kappa shape index (κ3) is 3.97. The monoisotopic (exact) mass is 391 g/mol. The summed E-state index contributed by atoms with van der Waals surface area (Å²) in [4.78, 5) is 19.7. The van der Waals surface area contributed by atoms with E-state index in [-0.39, 0.29) is 12.5 Å². The lowest BCUT2D eigenvalue weighted by Crippen LogP contribution is -2.28. The van der Waals surface area contributed by atoms with Crippen LogP contribution in [0.15, 0.2) is 48.5 Å². The van der Waals surface area contributed by atoms with E-state index in [2.05, 4.69) is 43.9 Å². The number of carbonyl (C=O) groups excluding carboxylic acids is 1. The van der Waals surface area contributed by atoms with E-state index in [0.717, 1.165) is 48.2 Å². The maximum absolute atomic E-state index is 12.7. The van der Waals surface area contributed by atoms with E-state index in [1.165, 1.54) is 0 Å². The van der Waals surface area contributed by atoms with Crippen molar-refractivity contribution >= 4 is 33.9 Å². The maximum atomic E-state index is 12.7. The Labute approximate surface area is 169 Å². The van der Waals surface area contributed by atoms with E-state index in [9.17, 15) is 4.79 Å².